The molecule has 0 heterocycles. The van der Waals surface area contributed by atoms with E-state index in [-0.39, 0.29) is 10.3 Å². The second-order valence-corrected chi connectivity index (χ2v) is 5.31. The van der Waals surface area contributed by atoms with Crippen LogP contribution in [0.25, 0.3) is 0 Å². The monoisotopic (exact) mass is 371 g/mol. The van der Waals surface area contributed by atoms with E-state index in [1.165, 1.54) is 18.2 Å². The molecule has 0 atom stereocenters. The molecule has 2 aromatic rings. The standard InChI is InChI=1S/C13H8Br2FNO/c14-9-6-7(4-5-10(9)16)13(18)8-2-1-3-11(17)12(8)15/h1-6H,17H2. The van der Waals surface area contributed by atoms with Crippen LogP contribution in [-0.2, 0) is 0 Å². The van der Waals surface area contributed by atoms with E-state index in [2.05, 4.69) is 31.9 Å². The predicted molar refractivity (Wildman–Crippen MR) is 76.1 cm³/mol. The number of ketones is 1. The lowest BCUT2D eigenvalue weighted by molar-refractivity contribution is 0.103. The van der Waals surface area contributed by atoms with E-state index in [4.69, 9.17) is 5.73 Å². The van der Waals surface area contributed by atoms with Crippen LogP contribution in [0.15, 0.2) is 45.3 Å². The highest BCUT2D eigenvalue weighted by Gasteiger charge is 2.15. The summed E-state index contributed by atoms with van der Waals surface area (Å²) in [5, 5.41) is 0. The van der Waals surface area contributed by atoms with Crippen molar-refractivity contribution in [2.75, 3.05) is 5.73 Å². The van der Waals surface area contributed by atoms with Crippen LogP contribution in [0.2, 0.25) is 0 Å². The Morgan fingerprint density at radius 3 is 2.56 bits per heavy atom. The van der Waals surface area contributed by atoms with Gasteiger partial charge in [-0.2, -0.15) is 0 Å². The molecular weight excluding hydrogens is 365 g/mol. The van der Waals surface area contributed by atoms with Crippen LogP contribution in [0, 0.1) is 5.82 Å². The first-order valence-corrected chi connectivity index (χ1v) is 6.63. The number of carbonyl (C=O) groups excluding carboxylic acids is 1. The summed E-state index contributed by atoms with van der Waals surface area (Å²) in [6, 6.07) is 9.20. The van der Waals surface area contributed by atoms with Gasteiger partial charge in [0.2, 0.25) is 0 Å². The van der Waals surface area contributed by atoms with E-state index >= 15 is 0 Å². The van der Waals surface area contributed by atoms with Gasteiger partial charge in [0, 0.05) is 16.8 Å². The number of carbonyl (C=O) groups is 1. The summed E-state index contributed by atoms with van der Waals surface area (Å²) in [6.07, 6.45) is 0. The van der Waals surface area contributed by atoms with Gasteiger partial charge in [-0.3, -0.25) is 4.79 Å². The highest BCUT2D eigenvalue weighted by molar-refractivity contribution is 9.11. The Labute approximate surface area is 120 Å². The lowest BCUT2D eigenvalue weighted by atomic mass is 10.0. The Kier molecular flexibility index (Phi) is 3.82. The summed E-state index contributed by atoms with van der Waals surface area (Å²) >= 11 is 6.34. The Balaban J connectivity index is 2.48. The summed E-state index contributed by atoms with van der Waals surface area (Å²) in [5.41, 5.74) is 7.06. The molecule has 92 valence electrons. The fourth-order valence-corrected chi connectivity index (χ4v) is 2.34. The van der Waals surface area contributed by atoms with E-state index in [1.807, 2.05) is 0 Å². The fraction of sp³-hybridized carbons (Fsp3) is 0. The first kappa shape index (κ1) is 13.2. The second-order valence-electron chi connectivity index (χ2n) is 3.67. The van der Waals surface area contributed by atoms with Gasteiger partial charge in [-0.05, 0) is 62.2 Å². The lowest BCUT2D eigenvalue weighted by Crippen LogP contribution is -2.04. The lowest BCUT2D eigenvalue weighted by Gasteiger charge is -2.06. The Bertz CT molecular complexity index is 628. The minimum Gasteiger partial charge on any atom is -0.398 e. The molecule has 18 heavy (non-hydrogen) atoms. The highest BCUT2D eigenvalue weighted by Crippen LogP contribution is 2.27. The summed E-state index contributed by atoms with van der Waals surface area (Å²) in [5.74, 6) is -0.618. The number of hydrogen-bond acceptors (Lipinski definition) is 2. The zero-order valence-corrected chi connectivity index (χ0v) is 12.3. The molecule has 0 unspecified atom stereocenters. The van der Waals surface area contributed by atoms with E-state index in [0.29, 0.717) is 21.3 Å². The molecule has 0 amide bonds. The number of benzene rings is 2. The third-order valence-corrected chi connectivity index (χ3v) is 3.95. The van der Waals surface area contributed by atoms with E-state index in [9.17, 15) is 9.18 Å². The molecule has 0 fully saturated rings. The van der Waals surface area contributed by atoms with Gasteiger partial charge in [0.05, 0.1) is 8.95 Å². The third-order valence-electron chi connectivity index (χ3n) is 2.46. The fourth-order valence-electron chi connectivity index (χ4n) is 1.52. The summed E-state index contributed by atoms with van der Waals surface area (Å²) in [7, 11) is 0. The molecule has 0 radical (unpaired) electrons. The molecule has 2 nitrogen and oxygen atoms in total. The van der Waals surface area contributed by atoms with Gasteiger partial charge >= 0.3 is 0 Å². The van der Waals surface area contributed by atoms with Crippen molar-refractivity contribution < 1.29 is 9.18 Å². The molecule has 5 heteroatoms. The van der Waals surface area contributed by atoms with Crippen LogP contribution in [0.1, 0.15) is 15.9 Å². The van der Waals surface area contributed by atoms with Crippen LogP contribution in [0.3, 0.4) is 0 Å². The van der Waals surface area contributed by atoms with Crippen molar-refractivity contribution in [2.45, 2.75) is 0 Å². The van der Waals surface area contributed by atoms with Crippen LogP contribution < -0.4 is 5.73 Å². The van der Waals surface area contributed by atoms with Crippen LogP contribution >= 0.6 is 31.9 Å². The normalized spacial score (nSPS) is 10.4. The van der Waals surface area contributed by atoms with Crippen LogP contribution in [0.5, 0.6) is 0 Å². The quantitative estimate of drug-likeness (QED) is 0.635. The number of anilines is 1. The second kappa shape index (κ2) is 5.20. The Morgan fingerprint density at radius 1 is 1.17 bits per heavy atom. The van der Waals surface area contributed by atoms with Crippen molar-refractivity contribution >= 4 is 43.3 Å². The van der Waals surface area contributed by atoms with Gasteiger partial charge in [-0.25, -0.2) is 4.39 Å². The van der Waals surface area contributed by atoms with Gasteiger partial charge in [0.25, 0.3) is 0 Å². The average Bonchev–Trinajstić information content (AvgIpc) is 2.35. The van der Waals surface area contributed by atoms with Crippen molar-refractivity contribution in [3.05, 3.63) is 62.3 Å². The van der Waals surface area contributed by atoms with Gasteiger partial charge in [0.15, 0.2) is 5.78 Å². The van der Waals surface area contributed by atoms with Crippen molar-refractivity contribution in [1.29, 1.82) is 0 Å². The van der Waals surface area contributed by atoms with Crippen LogP contribution in [-0.4, -0.2) is 5.78 Å². The molecule has 0 aromatic heterocycles. The molecule has 0 aliphatic rings. The van der Waals surface area contributed by atoms with E-state index < -0.39 is 5.82 Å². The molecule has 0 bridgehead atoms. The first-order chi connectivity index (χ1) is 8.50. The molecule has 0 saturated carbocycles. The Hall–Kier alpha value is -1.20. The zero-order chi connectivity index (χ0) is 13.3. The minimum atomic E-state index is -0.404. The summed E-state index contributed by atoms with van der Waals surface area (Å²) in [4.78, 5) is 12.3. The largest absolute Gasteiger partial charge is 0.398 e. The maximum atomic E-state index is 13.1. The molecule has 2 rings (SSSR count). The molecule has 0 aliphatic heterocycles. The number of nitrogen functional groups attached to an aromatic ring is 1. The molecule has 0 saturated heterocycles. The summed E-state index contributed by atoms with van der Waals surface area (Å²) in [6.45, 7) is 0. The maximum Gasteiger partial charge on any atom is 0.194 e. The zero-order valence-electron chi connectivity index (χ0n) is 9.08. The maximum absolute atomic E-state index is 13.1. The third kappa shape index (κ3) is 2.47. The van der Waals surface area contributed by atoms with Gasteiger partial charge in [-0.1, -0.05) is 6.07 Å². The first-order valence-electron chi connectivity index (χ1n) is 5.04. The van der Waals surface area contributed by atoms with Crippen molar-refractivity contribution in [3.8, 4) is 0 Å². The highest BCUT2D eigenvalue weighted by atomic mass is 79.9. The van der Waals surface area contributed by atoms with E-state index in [0.717, 1.165) is 0 Å². The molecular formula is C13H8Br2FNO. The Morgan fingerprint density at radius 2 is 1.89 bits per heavy atom. The van der Waals surface area contributed by atoms with Crippen LogP contribution in [0.4, 0.5) is 10.1 Å². The SMILES string of the molecule is Nc1cccc(C(=O)c2ccc(F)c(Br)c2)c1Br. The van der Waals surface area contributed by atoms with Gasteiger partial charge < -0.3 is 5.73 Å². The van der Waals surface area contributed by atoms with E-state index in [1.54, 1.807) is 18.2 Å². The summed E-state index contributed by atoms with van der Waals surface area (Å²) < 4.78 is 13.9. The van der Waals surface area contributed by atoms with Gasteiger partial charge in [0.1, 0.15) is 5.82 Å². The molecule has 2 N–H and O–H groups in total. The number of rotatable bonds is 2. The number of nitrogens with two attached hydrogens (primary N) is 1. The van der Waals surface area contributed by atoms with Gasteiger partial charge in [-0.15, -0.1) is 0 Å². The minimum absolute atomic E-state index is 0.213. The number of hydrogen-bond donors (Lipinski definition) is 1. The predicted octanol–water partition coefficient (Wildman–Crippen LogP) is 4.16. The van der Waals surface area contributed by atoms with Crippen molar-refractivity contribution in [2.24, 2.45) is 0 Å². The number of halogens is 3. The molecule has 2 aromatic carbocycles. The molecule has 0 spiro atoms. The molecule has 0 aliphatic carbocycles. The average molecular weight is 373 g/mol. The smallest absolute Gasteiger partial charge is 0.194 e. The van der Waals surface area contributed by atoms with Crippen molar-refractivity contribution in [3.63, 3.8) is 0 Å². The van der Waals surface area contributed by atoms with Crippen molar-refractivity contribution in [1.82, 2.24) is 0 Å². The topological polar surface area (TPSA) is 43.1 Å².